The zero-order chi connectivity index (χ0) is 20.5. The highest BCUT2D eigenvalue weighted by Crippen LogP contribution is 2.23. The summed E-state index contributed by atoms with van der Waals surface area (Å²) in [6.07, 6.45) is 3.60. The molecule has 150 valence electrons. The first kappa shape index (κ1) is 20.6. The largest absolute Gasteiger partial charge is 0.346 e. The molecule has 1 amide bonds. The van der Waals surface area contributed by atoms with E-state index in [9.17, 15) is 13.2 Å². The number of rotatable bonds is 5. The topological polar surface area (TPSA) is 81.1 Å². The van der Waals surface area contributed by atoms with Crippen LogP contribution in [0.4, 0.5) is 0 Å². The molecule has 0 saturated carbocycles. The van der Waals surface area contributed by atoms with Crippen molar-refractivity contribution in [2.75, 3.05) is 11.5 Å². The first-order valence-corrected chi connectivity index (χ1v) is 11.3. The summed E-state index contributed by atoms with van der Waals surface area (Å²) in [5, 5.41) is 8.07. The van der Waals surface area contributed by atoms with E-state index in [1.165, 1.54) is 6.08 Å². The lowest BCUT2D eigenvalue weighted by Crippen LogP contribution is -2.46. The molecule has 0 radical (unpaired) electrons. The number of benzene rings is 1. The molecule has 1 fully saturated rings. The molecule has 1 aliphatic heterocycles. The van der Waals surface area contributed by atoms with Crippen molar-refractivity contribution in [3.8, 4) is 0 Å². The SMILES string of the molecule is Cc1nn(Cc2ccccc2Cl)c(C)c1C=CC(=O)NC1(C)CCS(=O)(=O)C1. The van der Waals surface area contributed by atoms with Crippen LogP contribution in [0.3, 0.4) is 0 Å². The van der Waals surface area contributed by atoms with Crippen molar-refractivity contribution in [1.82, 2.24) is 15.1 Å². The Hall–Kier alpha value is -2.12. The van der Waals surface area contributed by atoms with Crippen LogP contribution < -0.4 is 5.32 Å². The minimum absolute atomic E-state index is 0.0204. The third-order valence-electron chi connectivity index (χ3n) is 5.05. The number of hydrogen-bond donors (Lipinski definition) is 1. The first-order valence-electron chi connectivity index (χ1n) is 9.07. The van der Waals surface area contributed by atoms with Crippen molar-refractivity contribution >= 4 is 33.4 Å². The second-order valence-corrected chi connectivity index (χ2v) is 10.2. The van der Waals surface area contributed by atoms with Crippen LogP contribution >= 0.6 is 11.6 Å². The van der Waals surface area contributed by atoms with Gasteiger partial charge < -0.3 is 5.32 Å². The molecule has 0 aliphatic carbocycles. The van der Waals surface area contributed by atoms with Crippen molar-refractivity contribution < 1.29 is 13.2 Å². The maximum atomic E-state index is 12.3. The van der Waals surface area contributed by atoms with Gasteiger partial charge in [0.05, 0.1) is 29.3 Å². The number of sulfone groups is 1. The number of aromatic nitrogens is 2. The van der Waals surface area contributed by atoms with Gasteiger partial charge >= 0.3 is 0 Å². The summed E-state index contributed by atoms with van der Waals surface area (Å²) in [7, 11) is -3.07. The van der Waals surface area contributed by atoms with E-state index in [1.54, 1.807) is 13.0 Å². The fraction of sp³-hybridized carbons (Fsp3) is 0.400. The van der Waals surface area contributed by atoms with Crippen molar-refractivity contribution in [2.45, 2.75) is 39.3 Å². The van der Waals surface area contributed by atoms with Gasteiger partial charge in [-0.3, -0.25) is 9.48 Å². The molecule has 1 saturated heterocycles. The molecule has 0 spiro atoms. The summed E-state index contributed by atoms with van der Waals surface area (Å²) in [6, 6.07) is 7.62. The zero-order valence-corrected chi connectivity index (χ0v) is 17.8. The average molecular weight is 422 g/mol. The van der Waals surface area contributed by atoms with E-state index in [4.69, 9.17) is 11.6 Å². The first-order chi connectivity index (χ1) is 13.1. The summed E-state index contributed by atoms with van der Waals surface area (Å²) in [4.78, 5) is 12.3. The third kappa shape index (κ3) is 4.64. The number of amides is 1. The zero-order valence-electron chi connectivity index (χ0n) is 16.2. The number of hydrogen-bond acceptors (Lipinski definition) is 4. The van der Waals surface area contributed by atoms with Gasteiger partial charge in [-0.2, -0.15) is 5.10 Å². The molecule has 1 N–H and O–H groups in total. The van der Waals surface area contributed by atoms with Crippen LogP contribution in [0.5, 0.6) is 0 Å². The monoisotopic (exact) mass is 421 g/mol. The van der Waals surface area contributed by atoms with Gasteiger partial charge in [-0.1, -0.05) is 29.8 Å². The van der Waals surface area contributed by atoms with E-state index in [0.717, 1.165) is 22.5 Å². The van der Waals surface area contributed by atoms with Gasteiger partial charge in [-0.15, -0.1) is 0 Å². The lowest BCUT2D eigenvalue weighted by molar-refractivity contribution is -0.117. The number of nitrogens with zero attached hydrogens (tertiary/aromatic N) is 2. The molecule has 0 bridgehead atoms. The highest BCUT2D eigenvalue weighted by Gasteiger charge is 2.39. The molecular weight excluding hydrogens is 398 g/mol. The van der Waals surface area contributed by atoms with Crippen molar-refractivity contribution in [1.29, 1.82) is 0 Å². The van der Waals surface area contributed by atoms with Crippen molar-refractivity contribution in [3.63, 3.8) is 0 Å². The summed E-state index contributed by atoms with van der Waals surface area (Å²) in [5.41, 5.74) is 2.86. The second-order valence-electron chi connectivity index (χ2n) is 7.56. The second kappa shape index (κ2) is 7.72. The van der Waals surface area contributed by atoms with Crippen molar-refractivity contribution in [2.24, 2.45) is 0 Å². The summed E-state index contributed by atoms with van der Waals surface area (Å²) in [5.74, 6) is -0.217. The number of carbonyl (C=O) groups is 1. The highest BCUT2D eigenvalue weighted by molar-refractivity contribution is 7.91. The Bertz CT molecular complexity index is 1040. The maximum absolute atomic E-state index is 12.3. The Kier molecular flexibility index (Phi) is 5.68. The normalized spacial score (nSPS) is 21.3. The van der Waals surface area contributed by atoms with Gasteiger partial charge in [-0.25, -0.2) is 8.42 Å². The standard InChI is InChI=1S/C20H24ClN3O3S/c1-14-17(8-9-19(25)22-20(3)10-11-28(26,27)13-20)15(2)24(23-14)12-16-6-4-5-7-18(16)21/h4-9H,10-13H2,1-3H3,(H,22,25). The number of halogens is 1. The van der Waals surface area contributed by atoms with E-state index in [1.807, 2.05) is 42.8 Å². The van der Waals surface area contributed by atoms with Crippen LogP contribution in [0, 0.1) is 13.8 Å². The molecule has 1 aromatic carbocycles. The van der Waals surface area contributed by atoms with E-state index >= 15 is 0 Å². The van der Waals surface area contributed by atoms with Gasteiger partial charge in [0, 0.05) is 22.4 Å². The van der Waals surface area contributed by atoms with Gasteiger partial charge in [0.25, 0.3) is 0 Å². The molecule has 1 aromatic heterocycles. The predicted octanol–water partition coefficient (Wildman–Crippen LogP) is 2.91. The third-order valence-corrected chi connectivity index (χ3v) is 7.32. The fourth-order valence-corrected chi connectivity index (χ4v) is 5.79. The lowest BCUT2D eigenvalue weighted by atomic mass is 10.0. The molecule has 1 unspecified atom stereocenters. The Labute approximate surface area is 170 Å². The van der Waals surface area contributed by atoms with Crippen LogP contribution in [-0.4, -0.2) is 41.2 Å². The molecular formula is C20H24ClN3O3S. The smallest absolute Gasteiger partial charge is 0.244 e. The molecule has 8 heteroatoms. The Morgan fingerprint density at radius 2 is 2.07 bits per heavy atom. The predicted molar refractivity (Wildman–Crippen MR) is 111 cm³/mol. The molecule has 3 rings (SSSR count). The van der Waals surface area contributed by atoms with E-state index in [0.29, 0.717) is 18.0 Å². The minimum Gasteiger partial charge on any atom is -0.346 e. The number of aryl methyl sites for hydroxylation is 1. The number of carbonyl (C=O) groups excluding carboxylic acids is 1. The lowest BCUT2D eigenvalue weighted by Gasteiger charge is -2.22. The number of nitrogens with one attached hydrogen (secondary N) is 1. The van der Waals surface area contributed by atoms with Gasteiger partial charge in [0.1, 0.15) is 0 Å². The van der Waals surface area contributed by atoms with E-state index in [2.05, 4.69) is 10.4 Å². The molecule has 1 atom stereocenters. The summed E-state index contributed by atoms with van der Waals surface area (Å²) in [6.45, 7) is 6.14. The quantitative estimate of drug-likeness (QED) is 0.752. The molecule has 2 heterocycles. The minimum atomic E-state index is -3.07. The van der Waals surface area contributed by atoms with Crippen LogP contribution in [0.1, 0.15) is 35.9 Å². The molecule has 1 aliphatic rings. The fourth-order valence-electron chi connectivity index (χ4n) is 3.50. The van der Waals surface area contributed by atoms with Crippen LogP contribution in [0.15, 0.2) is 30.3 Å². The van der Waals surface area contributed by atoms with Crippen molar-refractivity contribution in [3.05, 3.63) is 57.9 Å². The van der Waals surface area contributed by atoms with E-state index in [-0.39, 0.29) is 17.4 Å². The van der Waals surface area contributed by atoms with Crippen LogP contribution in [0.25, 0.3) is 6.08 Å². The Balaban J connectivity index is 1.73. The van der Waals surface area contributed by atoms with Crippen LogP contribution in [-0.2, 0) is 21.2 Å². The Morgan fingerprint density at radius 3 is 2.71 bits per heavy atom. The Morgan fingerprint density at radius 1 is 1.36 bits per heavy atom. The van der Waals surface area contributed by atoms with Gasteiger partial charge in [0.15, 0.2) is 9.84 Å². The van der Waals surface area contributed by atoms with Gasteiger partial charge in [-0.05, 0) is 44.9 Å². The van der Waals surface area contributed by atoms with E-state index < -0.39 is 15.4 Å². The van der Waals surface area contributed by atoms with Crippen LogP contribution in [0.2, 0.25) is 5.02 Å². The molecule has 28 heavy (non-hydrogen) atoms. The average Bonchev–Trinajstić information content (AvgIpc) is 3.03. The molecule has 2 aromatic rings. The van der Waals surface area contributed by atoms with Gasteiger partial charge in [0.2, 0.25) is 5.91 Å². The summed E-state index contributed by atoms with van der Waals surface area (Å²) < 4.78 is 25.2. The highest BCUT2D eigenvalue weighted by atomic mass is 35.5. The summed E-state index contributed by atoms with van der Waals surface area (Å²) >= 11 is 6.24. The molecule has 6 nitrogen and oxygen atoms in total. The maximum Gasteiger partial charge on any atom is 0.244 e.